The normalized spacial score (nSPS) is 11.0. The number of aromatic nitrogens is 1. The molecule has 0 amide bonds. The van der Waals surface area contributed by atoms with Gasteiger partial charge in [-0.25, -0.2) is 4.98 Å². The molecule has 0 fully saturated rings. The number of halogens is 1. The first-order chi connectivity index (χ1) is 7.68. The molecule has 1 heterocycles. The van der Waals surface area contributed by atoms with E-state index >= 15 is 0 Å². The SMILES string of the molecule is CC(C)NCCCCSc1ccc(Br)cn1. The number of thioether (sulfide) groups is 1. The quantitative estimate of drug-likeness (QED) is 0.614. The Balaban J connectivity index is 2.05. The highest BCUT2D eigenvalue weighted by molar-refractivity contribution is 9.10. The van der Waals surface area contributed by atoms with Crippen molar-refractivity contribution in [2.24, 2.45) is 0 Å². The van der Waals surface area contributed by atoms with Crippen LogP contribution in [0.5, 0.6) is 0 Å². The van der Waals surface area contributed by atoms with E-state index in [-0.39, 0.29) is 0 Å². The van der Waals surface area contributed by atoms with Crippen LogP contribution in [0, 0.1) is 0 Å². The van der Waals surface area contributed by atoms with Gasteiger partial charge in [-0.3, -0.25) is 0 Å². The van der Waals surface area contributed by atoms with Gasteiger partial charge in [0.2, 0.25) is 0 Å². The first kappa shape index (κ1) is 14.0. The van der Waals surface area contributed by atoms with E-state index in [1.165, 1.54) is 12.8 Å². The molecule has 1 N–H and O–H groups in total. The summed E-state index contributed by atoms with van der Waals surface area (Å²) < 4.78 is 1.04. The maximum Gasteiger partial charge on any atom is 0.0960 e. The summed E-state index contributed by atoms with van der Waals surface area (Å²) in [5.41, 5.74) is 0. The molecule has 0 aliphatic rings. The van der Waals surface area contributed by atoms with Gasteiger partial charge in [-0.05, 0) is 53.2 Å². The van der Waals surface area contributed by atoms with Crippen LogP contribution in [-0.2, 0) is 0 Å². The van der Waals surface area contributed by atoms with E-state index in [0.717, 1.165) is 21.8 Å². The number of unbranched alkanes of at least 4 members (excludes halogenated alkanes) is 1. The van der Waals surface area contributed by atoms with Crippen LogP contribution in [0.1, 0.15) is 26.7 Å². The molecule has 2 nitrogen and oxygen atoms in total. The fourth-order valence-corrected chi connectivity index (χ4v) is 2.33. The molecule has 0 spiro atoms. The van der Waals surface area contributed by atoms with Gasteiger partial charge >= 0.3 is 0 Å². The van der Waals surface area contributed by atoms with Crippen molar-refractivity contribution < 1.29 is 0 Å². The van der Waals surface area contributed by atoms with Gasteiger partial charge in [0.05, 0.1) is 5.03 Å². The maximum absolute atomic E-state index is 4.32. The molecular formula is C12H19BrN2S. The monoisotopic (exact) mass is 302 g/mol. The minimum atomic E-state index is 0.598. The highest BCUT2D eigenvalue weighted by Gasteiger charge is 1.96. The number of pyridine rings is 1. The van der Waals surface area contributed by atoms with Crippen molar-refractivity contribution in [3.05, 3.63) is 22.8 Å². The molecule has 0 aliphatic heterocycles. The topological polar surface area (TPSA) is 24.9 Å². The fourth-order valence-electron chi connectivity index (χ4n) is 1.24. The van der Waals surface area contributed by atoms with Crippen molar-refractivity contribution in [2.75, 3.05) is 12.3 Å². The highest BCUT2D eigenvalue weighted by atomic mass is 79.9. The molecule has 0 bridgehead atoms. The van der Waals surface area contributed by atoms with Crippen LogP contribution in [0.15, 0.2) is 27.8 Å². The summed E-state index contributed by atoms with van der Waals surface area (Å²) in [7, 11) is 0. The molecule has 0 aliphatic carbocycles. The summed E-state index contributed by atoms with van der Waals surface area (Å²) in [6, 6.07) is 4.69. The van der Waals surface area contributed by atoms with Gasteiger partial charge in [-0.2, -0.15) is 0 Å². The molecule has 0 saturated heterocycles. The highest BCUT2D eigenvalue weighted by Crippen LogP contribution is 2.18. The fraction of sp³-hybridized carbons (Fsp3) is 0.583. The Hall–Kier alpha value is -0.0600. The number of hydrogen-bond acceptors (Lipinski definition) is 3. The third kappa shape index (κ3) is 6.51. The van der Waals surface area contributed by atoms with Crippen LogP contribution in [0.4, 0.5) is 0 Å². The van der Waals surface area contributed by atoms with Gasteiger partial charge in [0.15, 0.2) is 0 Å². The minimum Gasteiger partial charge on any atom is -0.315 e. The maximum atomic E-state index is 4.32. The Morgan fingerprint density at radius 1 is 1.38 bits per heavy atom. The van der Waals surface area contributed by atoms with E-state index in [9.17, 15) is 0 Å². The summed E-state index contributed by atoms with van der Waals surface area (Å²) in [4.78, 5) is 4.32. The average Bonchev–Trinajstić information content (AvgIpc) is 2.25. The molecular weight excluding hydrogens is 284 g/mol. The van der Waals surface area contributed by atoms with Gasteiger partial charge in [0.25, 0.3) is 0 Å². The lowest BCUT2D eigenvalue weighted by molar-refractivity contribution is 0.567. The number of rotatable bonds is 7. The van der Waals surface area contributed by atoms with Crippen LogP contribution < -0.4 is 5.32 Å². The Morgan fingerprint density at radius 2 is 2.19 bits per heavy atom. The molecule has 0 aromatic carbocycles. The smallest absolute Gasteiger partial charge is 0.0960 e. The zero-order valence-electron chi connectivity index (χ0n) is 9.87. The first-order valence-corrected chi connectivity index (χ1v) is 7.44. The minimum absolute atomic E-state index is 0.598. The van der Waals surface area contributed by atoms with Gasteiger partial charge in [-0.15, -0.1) is 11.8 Å². The summed E-state index contributed by atoms with van der Waals surface area (Å²) in [5, 5.41) is 4.53. The second kappa shape index (κ2) is 8.09. The van der Waals surface area contributed by atoms with E-state index < -0.39 is 0 Å². The summed E-state index contributed by atoms with van der Waals surface area (Å²) in [5.74, 6) is 1.15. The van der Waals surface area contributed by atoms with Crippen molar-refractivity contribution in [3.63, 3.8) is 0 Å². The van der Waals surface area contributed by atoms with Gasteiger partial charge in [0.1, 0.15) is 0 Å². The zero-order chi connectivity index (χ0) is 11.8. The van der Waals surface area contributed by atoms with Gasteiger partial charge < -0.3 is 5.32 Å². The van der Waals surface area contributed by atoms with E-state index in [2.05, 4.69) is 46.1 Å². The van der Waals surface area contributed by atoms with Crippen molar-refractivity contribution in [2.45, 2.75) is 37.8 Å². The van der Waals surface area contributed by atoms with Crippen LogP contribution in [0.25, 0.3) is 0 Å². The van der Waals surface area contributed by atoms with Crippen molar-refractivity contribution >= 4 is 27.7 Å². The van der Waals surface area contributed by atoms with Crippen LogP contribution in [0.3, 0.4) is 0 Å². The second-order valence-corrected chi connectivity index (χ2v) is 6.01. The second-order valence-electron chi connectivity index (χ2n) is 3.98. The van der Waals surface area contributed by atoms with E-state index in [4.69, 9.17) is 0 Å². The molecule has 0 atom stereocenters. The lowest BCUT2D eigenvalue weighted by atomic mass is 10.3. The predicted molar refractivity (Wildman–Crippen MR) is 75.0 cm³/mol. The zero-order valence-corrected chi connectivity index (χ0v) is 12.3. The van der Waals surface area contributed by atoms with Crippen LogP contribution >= 0.6 is 27.7 Å². The van der Waals surface area contributed by atoms with E-state index in [1.807, 2.05) is 24.0 Å². The van der Waals surface area contributed by atoms with Gasteiger partial charge in [0, 0.05) is 16.7 Å². The molecule has 0 radical (unpaired) electrons. The molecule has 0 saturated carbocycles. The molecule has 1 rings (SSSR count). The largest absolute Gasteiger partial charge is 0.315 e. The van der Waals surface area contributed by atoms with Crippen molar-refractivity contribution in [1.29, 1.82) is 0 Å². The lowest BCUT2D eigenvalue weighted by Crippen LogP contribution is -2.23. The average molecular weight is 303 g/mol. The lowest BCUT2D eigenvalue weighted by Gasteiger charge is -2.07. The molecule has 90 valence electrons. The Morgan fingerprint density at radius 3 is 2.81 bits per heavy atom. The van der Waals surface area contributed by atoms with Crippen molar-refractivity contribution in [1.82, 2.24) is 10.3 Å². The van der Waals surface area contributed by atoms with Crippen LogP contribution in [0.2, 0.25) is 0 Å². The molecule has 1 aromatic rings. The molecule has 4 heteroatoms. The predicted octanol–water partition coefficient (Wildman–Crippen LogP) is 3.71. The van der Waals surface area contributed by atoms with E-state index in [1.54, 1.807) is 0 Å². The summed E-state index contributed by atoms with van der Waals surface area (Å²) >= 11 is 5.21. The number of nitrogens with one attached hydrogen (secondary N) is 1. The molecule has 1 aromatic heterocycles. The standard InChI is InChI=1S/C12H19BrN2S/c1-10(2)14-7-3-4-8-16-12-6-5-11(13)9-15-12/h5-6,9-10,14H,3-4,7-8H2,1-2H3. The molecule has 16 heavy (non-hydrogen) atoms. The first-order valence-electron chi connectivity index (χ1n) is 5.66. The van der Waals surface area contributed by atoms with Crippen LogP contribution in [-0.4, -0.2) is 23.3 Å². The summed E-state index contributed by atoms with van der Waals surface area (Å²) in [6.45, 7) is 5.48. The number of nitrogens with zero attached hydrogens (tertiary/aromatic N) is 1. The Labute approximate surface area is 111 Å². The molecule has 0 unspecified atom stereocenters. The Bertz CT molecular complexity index is 288. The van der Waals surface area contributed by atoms with Gasteiger partial charge in [-0.1, -0.05) is 13.8 Å². The van der Waals surface area contributed by atoms with E-state index in [0.29, 0.717) is 6.04 Å². The Kier molecular flexibility index (Phi) is 7.08. The number of hydrogen-bond donors (Lipinski definition) is 1. The summed E-state index contributed by atoms with van der Waals surface area (Å²) in [6.07, 6.45) is 4.33. The third-order valence-corrected chi connectivity index (χ3v) is 3.57. The third-order valence-electron chi connectivity index (χ3n) is 2.07. The van der Waals surface area contributed by atoms with Crippen molar-refractivity contribution in [3.8, 4) is 0 Å².